The van der Waals surface area contributed by atoms with E-state index in [0.717, 1.165) is 6.54 Å². The van der Waals surface area contributed by atoms with Gasteiger partial charge in [0, 0.05) is 18.1 Å². The van der Waals surface area contributed by atoms with Crippen molar-refractivity contribution in [2.24, 2.45) is 0 Å². The van der Waals surface area contributed by atoms with E-state index >= 15 is 0 Å². The lowest BCUT2D eigenvalue weighted by Crippen LogP contribution is -2.65. The van der Waals surface area contributed by atoms with Gasteiger partial charge in [-0.1, -0.05) is 0 Å². The highest BCUT2D eigenvalue weighted by Gasteiger charge is 2.38. The van der Waals surface area contributed by atoms with Crippen LogP contribution in [0.5, 0.6) is 0 Å². The maximum Gasteiger partial charge on any atom is 0.242 e. The zero-order chi connectivity index (χ0) is 10.9. The quantitative estimate of drug-likeness (QED) is 0.625. The normalized spacial score (nSPS) is 29.5. The van der Waals surface area contributed by atoms with Gasteiger partial charge in [0.05, 0.1) is 6.61 Å². The van der Waals surface area contributed by atoms with E-state index in [1.165, 1.54) is 0 Å². The Labute approximate surface area is 85.3 Å². The van der Waals surface area contributed by atoms with Crippen LogP contribution in [0.15, 0.2) is 0 Å². The van der Waals surface area contributed by atoms with Crippen LogP contribution in [0.2, 0.25) is 0 Å². The highest BCUT2D eigenvalue weighted by Crippen LogP contribution is 2.20. The van der Waals surface area contributed by atoms with E-state index in [1.54, 1.807) is 0 Å². The van der Waals surface area contributed by atoms with Crippen molar-refractivity contribution in [3.05, 3.63) is 0 Å². The summed E-state index contributed by atoms with van der Waals surface area (Å²) in [5.41, 5.74) is -0.175. The minimum atomic E-state index is -0.426. The van der Waals surface area contributed by atoms with Crippen molar-refractivity contribution in [3.63, 3.8) is 0 Å². The highest BCUT2D eigenvalue weighted by atomic mass is 16.3. The fraction of sp³-hybridized carbons (Fsp3) is 0.900. The van der Waals surface area contributed by atoms with Crippen LogP contribution in [0.4, 0.5) is 0 Å². The summed E-state index contributed by atoms with van der Waals surface area (Å²) in [5.74, 6) is -0.00116. The number of nitrogens with one attached hydrogen (secondary N) is 1. The number of aliphatic hydroxyl groups excluding tert-OH is 1. The monoisotopic (exact) mass is 200 g/mol. The molecule has 0 aromatic heterocycles. The second-order valence-corrected chi connectivity index (χ2v) is 4.87. The summed E-state index contributed by atoms with van der Waals surface area (Å²) in [7, 11) is 0. The first-order valence-corrected chi connectivity index (χ1v) is 5.05. The maximum atomic E-state index is 11.9. The Morgan fingerprint density at radius 3 is 2.57 bits per heavy atom. The van der Waals surface area contributed by atoms with Gasteiger partial charge in [0.1, 0.15) is 6.04 Å². The number of piperazine rings is 1. The second kappa shape index (κ2) is 3.87. The number of nitrogens with zero attached hydrogens (tertiary/aromatic N) is 1. The molecule has 4 heteroatoms. The number of hydrogen-bond acceptors (Lipinski definition) is 3. The van der Waals surface area contributed by atoms with Crippen LogP contribution < -0.4 is 5.32 Å². The molecule has 1 aliphatic rings. The van der Waals surface area contributed by atoms with Crippen LogP contribution in [0.3, 0.4) is 0 Å². The van der Waals surface area contributed by atoms with Crippen LogP contribution in [0, 0.1) is 0 Å². The Hall–Kier alpha value is -0.610. The summed E-state index contributed by atoms with van der Waals surface area (Å²) < 4.78 is 0. The van der Waals surface area contributed by atoms with Gasteiger partial charge in [-0.2, -0.15) is 0 Å². The van der Waals surface area contributed by atoms with Gasteiger partial charge < -0.3 is 15.3 Å². The maximum absolute atomic E-state index is 11.9. The lowest BCUT2D eigenvalue weighted by Gasteiger charge is -2.45. The van der Waals surface area contributed by atoms with Crippen molar-refractivity contribution < 1.29 is 9.90 Å². The molecule has 14 heavy (non-hydrogen) atoms. The van der Waals surface area contributed by atoms with Gasteiger partial charge in [-0.15, -0.1) is 0 Å². The van der Waals surface area contributed by atoms with E-state index in [1.807, 2.05) is 32.6 Å². The summed E-state index contributed by atoms with van der Waals surface area (Å²) in [4.78, 5) is 13.8. The average Bonchev–Trinajstić information content (AvgIpc) is 2.02. The summed E-state index contributed by atoms with van der Waals surface area (Å²) >= 11 is 0. The molecular formula is C10H20N2O2. The Morgan fingerprint density at radius 1 is 1.57 bits per heavy atom. The smallest absolute Gasteiger partial charge is 0.242 e. The van der Waals surface area contributed by atoms with E-state index in [9.17, 15) is 4.79 Å². The summed E-state index contributed by atoms with van der Waals surface area (Å²) in [6.45, 7) is 8.68. The van der Waals surface area contributed by atoms with E-state index in [2.05, 4.69) is 5.32 Å². The molecule has 4 nitrogen and oxygen atoms in total. The third kappa shape index (κ3) is 2.07. The fourth-order valence-corrected chi connectivity index (χ4v) is 2.01. The first kappa shape index (κ1) is 11.5. The van der Waals surface area contributed by atoms with Gasteiger partial charge in [-0.25, -0.2) is 0 Å². The minimum Gasteiger partial charge on any atom is -0.394 e. The van der Waals surface area contributed by atoms with Crippen LogP contribution in [-0.4, -0.2) is 46.7 Å². The second-order valence-electron chi connectivity index (χ2n) is 4.87. The van der Waals surface area contributed by atoms with Gasteiger partial charge in [0.25, 0.3) is 0 Å². The zero-order valence-corrected chi connectivity index (χ0v) is 9.37. The molecule has 2 unspecified atom stereocenters. The standard InChI is InChI=1S/C10H20N2O2/c1-7-5-11-8(6-13)9(14)12(7)10(2,3)4/h7-8,11,13H,5-6H2,1-4H3. The molecule has 82 valence electrons. The number of carbonyl (C=O) groups excluding carboxylic acids is 1. The van der Waals surface area contributed by atoms with Crippen LogP contribution >= 0.6 is 0 Å². The van der Waals surface area contributed by atoms with Gasteiger partial charge in [0.2, 0.25) is 5.91 Å². The summed E-state index contributed by atoms with van der Waals surface area (Å²) in [6.07, 6.45) is 0. The highest BCUT2D eigenvalue weighted by molar-refractivity contribution is 5.83. The average molecular weight is 200 g/mol. The first-order chi connectivity index (χ1) is 6.38. The molecule has 1 amide bonds. The van der Waals surface area contributed by atoms with Crippen molar-refractivity contribution in [1.29, 1.82) is 0 Å². The Kier molecular flexibility index (Phi) is 3.17. The van der Waals surface area contributed by atoms with Gasteiger partial charge >= 0.3 is 0 Å². The fourth-order valence-electron chi connectivity index (χ4n) is 2.01. The summed E-state index contributed by atoms with van der Waals surface area (Å²) in [6, 6.07) is -0.240. The molecule has 1 fully saturated rings. The van der Waals surface area contributed by atoms with Crippen molar-refractivity contribution >= 4 is 5.91 Å². The van der Waals surface area contributed by atoms with E-state index in [4.69, 9.17) is 5.11 Å². The molecule has 2 atom stereocenters. The number of amides is 1. The third-order valence-corrected chi connectivity index (χ3v) is 2.54. The Balaban J connectivity index is 2.84. The van der Waals surface area contributed by atoms with Crippen molar-refractivity contribution in [1.82, 2.24) is 10.2 Å². The molecule has 0 radical (unpaired) electrons. The van der Waals surface area contributed by atoms with E-state index in [-0.39, 0.29) is 24.1 Å². The molecule has 0 saturated carbocycles. The molecule has 1 saturated heterocycles. The third-order valence-electron chi connectivity index (χ3n) is 2.54. The Morgan fingerprint density at radius 2 is 2.14 bits per heavy atom. The topological polar surface area (TPSA) is 52.6 Å². The summed E-state index contributed by atoms with van der Waals surface area (Å²) in [5, 5.41) is 12.1. The molecule has 1 rings (SSSR count). The van der Waals surface area contributed by atoms with Crippen molar-refractivity contribution in [2.75, 3.05) is 13.2 Å². The number of carbonyl (C=O) groups is 1. The molecule has 1 aliphatic heterocycles. The molecule has 0 aromatic rings. The predicted molar refractivity (Wildman–Crippen MR) is 54.9 cm³/mol. The molecule has 1 heterocycles. The predicted octanol–water partition coefficient (Wildman–Crippen LogP) is -0.0339. The molecule has 2 N–H and O–H groups in total. The SMILES string of the molecule is CC1CNC(CO)C(=O)N1C(C)(C)C. The Bertz CT molecular complexity index is 223. The molecule has 0 spiro atoms. The number of aliphatic hydroxyl groups is 1. The first-order valence-electron chi connectivity index (χ1n) is 5.05. The van der Waals surface area contributed by atoms with Gasteiger partial charge in [-0.05, 0) is 27.7 Å². The molecule has 0 aromatic carbocycles. The number of rotatable bonds is 1. The van der Waals surface area contributed by atoms with Crippen LogP contribution in [0.25, 0.3) is 0 Å². The molecule has 0 aliphatic carbocycles. The van der Waals surface area contributed by atoms with E-state index < -0.39 is 6.04 Å². The molecular weight excluding hydrogens is 180 g/mol. The van der Waals surface area contributed by atoms with Crippen LogP contribution in [0.1, 0.15) is 27.7 Å². The lowest BCUT2D eigenvalue weighted by molar-refractivity contribution is -0.145. The van der Waals surface area contributed by atoms with Crippen molar-refractivity contribution in [2.45, 2.75) is 45.3 Å². The van der Waals surface area contributed by atoms with Gasteiger partial charge in [0.15, 0.2) is 0 Å². The minimum absolute atomic E-state index is 0.00116. The zero-order valence-electron chi connectivity index (χ0n) is 9.37. The molecule has 0 bridgehead atoms. The van der Waals surface area contributed by atoms with Crippen molar-refractivity contribution in [3.8, 4) is 0 Å². The van der Waals surface area contributed by atoms with E-state index in [0.29, 0.717) is 0 Å². The van der Waals surface area contributed by atoms with Gasteiger partial charge in [-0.3, -0.25) is 4.79 Å². The number of hydrogen-bond donors (Lipinski definition) is 2. The largest absolute Gasteiger partial charge is 0.394 e. The lowest BCUT2D eigenvalue weighted by atomic mass is 9.99. The van der Waals surface area contributed by atoms with Crippen LogP contribution in [-0.2, 0) is 4.79 Å².